The van der Waals surface area contributed by atoms with Crippen molar-refractivity contribution >= 4 is 26.9 Å². The minimum absolute atomic E-state index is 0.00744. The first kappa shape index (κ1) is 23.9. The number of rotatable bonds is 6. The third-order valence-electron chi connectivity index (χ3n) is 3.96. The van der Waals surface area contributed by atoms with Crippen LogP contribution in [0.1, 0.15) is 44.9 Å². The van der Waals surface area contributed by atoms with E-state index in [1.54, 1.807) is 45.9 Å². The van der Waals surface area contributed by atoms with Gasteiger partial charge >= 0.3 is 21.6 Å². The molecule has 2 aromatic rings. The maximum atomic E-state index is 13.1. The summed E-state index contributed by atoms with van der Waals surface area (Å²) < 4.78 is 78.2. The monoisotopic (exact) mass is 448 g/mol. The molecule has 0 aliphatic carbocycles. The fraction of sp³-hybridized carbons (Fsp3) is 0.450. The summed E-state index contributed by atoms with van der Waals surface area (Å²) in [7, 11) is -6.00. The van der Waals surface area contributed by atoms with E-state index in [4.69, 9.17) is 9.47 Å². The molecule has 0 N–H and O–H groups in total. The van der Waals surface area contributed by atoms with Gasteiger partial charge in [-0.1, -0.05) is 30.3 Å². The first-order valence-corrected chi connectivity index (χ1v) is 10.5. The number of hydrogen-bond donors (Lipinski definition) is 0. The minimum atomic E-state index is -6.00. The van der Waals surface area contributed by atoms with Gasteiger partial charge in [0.05, 0.1) is 12.2 Å². The molecule has 1 atom stereocenters. The summed E-state index contributed by atoms with van der Waals surface area (Å²) in [6.07, 6.45) is -1.51. The highest BCUT2D eigenvalue weighted by molar-refractivity contribution is 7.88. The number of carbonyl (C=O) groups is 1. The first-order chi connectivity index (χ1) is 13.7. The molecule has 166 valence electrons. The molecule has 0 aliphatic heterocycles. The smallest absolute Gasteiger partial charge is 0.464 e. The van der Waals surface area contributed by atoms with Gasteiger partial charge in [0.1, 0.15) is 0 Å². The van der Waals surface area contributed by atoms with E-state index in [-0.39, 0.29) is 17.6 Å². The lowest BCUT2D eigenvalue weighted by atomic mass is 9.96. The van der Waals surface area contributed by atoms with Crippen LogP contribution in [0.15, 0.2) is 30.3 Å². The molecule has 0 saturated heterocycles. The van der Waals surface area contributed by atoms with Crippen molar-refractivity contribution in [2.45, 2.75) is 51.8 Å². The summed E-state index contributed by atoms with van der Waals surface area (Å²) >= 11 is 0. The lowest BCUT2D eigenvalue weighted by molar-refractivity contribution is -0.167. The first-order valence-electron chi connectivity index (χ1n) is 9.05. The van der Waals surface area contributed by atoms with Gasteiger partial charge in [0.15, 0.2) is 11.9 Å². The van der Waals surface area contributed by atoms with Crippen molar-refractivity contribution in [1.82, 2.24) is 0 Å². The van der Waals surface area contributed by atoms with E-state index in [0.29, 0.717) is 10.9 Å². The zero-order chi connectivity index (χ0) is 22.9. The van der Waals surface area contributed by atoms with E-state index in [9.17, 15) is 26.4 Å². The number of hydrogen-bond acceptors (Lipinski definition) is 6. The number of ether oxygens (including phenoxy) is 2. The van der Waals surface area contributed by atoms with Crippen LogP contribution in [0.4, 0.5) is 13.2 Å². The molecule has 0 saturated carbocycles. The van der Waals surface area contributed by atoms with Gasteiger partial charge in [-0.2, -0.15) is 21.6 Å². The molecule has 2 rings (SSSR count). The van der Waals surface area contributed by atoms with Crippen molar-refractivity contribution in [3.8, 4) is 5.75 Å². The molecule has 0 aromatic heterocycles. The van der Waals surface area contributed by atoms with Crippen molar-refractivity contribution in [1.29, 1.82) is 0 Å². The molecule has 0 bridgehead atoms. The quantitative estimate of drug-likeness (QED) is 0.359. The molecular weight excluding hydrogens is 425 g/mol. The summed E-state index contributed by atoms with van der Waals surface area (Å²) in [6.45, 7) is 8.00. The maximum Gasteiger partial charge on any atom is 0.534 e. The minimum Gasteiger partial charge on any atom is -0.464 e. The number of esters is 1. The lowest BCUT2D eigenvalue weighted by Crippen LogP contribution is -2.31. The lowest BCUT2D eigenvalue weighted by Gasteiger charge is -2.29. The van der Waals surface area contributed by atoms with Crippen LogP contribution in [0.25, 0.3) is 10.8 Å². The van der Waals surface area contributed by atoms with Crippen molar-refractivity contribution < 1.29 is 40.0 Å². The molecule has 2 aromatic carbocycles. The second-order valence-electron chi connectivity index (χ2n) is 7.50. The Bertz CT molecular complexity index is 1040. The van der Waals surface area contributed by atoms with Gasteiger partial charge < -0.3 is 13.7 Å². The van der Waals surface area contributed by atoms with Gasteiger partial charge in [0.25, 0.3) is 0 Å². The third kappa shape index (κ3) is 5.23. The SMILES string of the molecule is CCOC(=O)C(OC(C)(C)C)c1c(C)cc2ccccc2c1OS(=O)(=O)C(F)(F)F. The van der Waals surface area contributed by atoms with Crippen molar-refractivity contribution in [2.75, 3.05) is 6.61 Å². The fourth-order valence-electron chi connectivity index (χ4n) is 2.83. The zero-order valence-corrected chi connectivity index (χ0v) is 18.0. The Morgan fingerprint density at radius 1 is 1.13 bits per heavy atom. The van der Waals surface area contributed by atoms with Crippen molar-refractivity contribution in [3.63, 3.8) is 0 Å². The second-order valence-corrected chi connectivity index (χ2v) is 9.04. The Morgan fingerprint density at radius 2 is 1.73 bits per heavy atom. The Morgan fingerprint density at radius 3 is 2.27 bits per heavy atom. The van der Waals surface area contributed by atoms with E-state index >= 15 is 0 Å². The molecule has 0 fully saturated rings. The van der Waals surface area contributed by atoms with Gasteiger partial charge in [-0.05, 0) is 45.6 Å². The molecule has 30 heavy (non-hydrogen) atoms. The average molecular weight is 448 g/mol. The Labute approximate surface area is 173 Å². The molecule has 0 amide bonds. The van der Waals surface area contributed by atoms with Gasteiger partial charge in [-0.3, -0.25) is 0 Å². The number of fused-ring (bicyclic) bond motifs is 1. The van der Waals surface area contributed by atoms with Crippen molar-refractivity contribution in [2.24, 2.45) is 0 Å². The van der Waals surface area contributed by atoms with Gasteiger partial charge in [-0.15, -0.1) is 0 Å². The molecule has 0 spiro atoms. The number of aryl methyl sites for hydroxylation is 1. The Balaban J connectivity index is 2.85. The van der Waals surface area contributed by atoms with E-state index in [1.807, 2.05) is 0 Å². The molecule has 6 nitrogen and oxygen atoms in total. The molecule has 1 unspecified atom stereocenters. The van der Waals surface area contributed by atoms with Gasteiger partial charge in [0.2, 0.25) is 0 Å². The Kier molecular flexibility index (Phi) is 6.72. The van der Waals surface area contributed by atoms with Crippen molar-refractivity contribution in [3.05, 3.63) is 41.5 Å². The van der Waals surface area contributed by atoms with Crippen LogP contribution >= 0.6 is 0 Å². The van der Waals surface area contributed by atoms with Crippen LogP contribution in [0.5, 0.6) is 5.75 Å². The van der Waals surface area contributed by atoms with Crippen LogP contribution < -0.4 is 4.18 Å². The third-order valence-corrected chi connectivity index (χ3v) is 4.91. The van der Waals surface area contributed by atoms with Crippen LogP contribution in [0, 0.1) is 6.92 Å². The maximum absolute atomic E-state index is 13.1. The summed E-state index contributed by atoms with van der Waals surface area (Å²) in [5.74, 6) is -1.50. The highest BCUT2D eigenvalue weighted by Crippen LogP contribution is 2.42. The average Bonchev–Trinajstić information content (AvgIpc) is 2.58. The van der Waals surface area contributed by atoms with E-state index in [1.165, 1.54) is 19.1 Å². The fourth-order valence-corrected chi connectivity index (χ4v) is 3.33. The van der Waals surface area contributed by atoms with Crippen LogP contribution in [-0.2, 0) is 24.4 Å². The summed E-state index contributed by atoms with van der Waals surface area (Å²) in [5, 5.41) is 0.516. The van der Waals surface area contributed by atoms with Crippen LogP contribution in [-0.4, -0.2) is 32.1 Å². The molecular formula is C20H23F3O6S. The summed E-state index contributed by atoms with van der Waals surface area (Å²) in [5.41, 5.74) is -6.40. The van der Waals surface area contributed by atoms with E-state index in [0.717, 1.165) is 0 Å². The topological polar surface area (TPSA) is 78.9 Å². The summed E-state index contributed by atoms with van der Waals surface area (Å²) in [4.78, 5) is 12.6. The predicted molar refractivity (Wildman–Crippen MR) is 104 cm³/mol. The predicted octanol–water partition coefficient (Wildman–Crippen LogP) is 4.80. The summed E-state index contributed by atoms with van der Waals surface area (Å²) in [6, 6.07) is 7.74. The highest BCUT2D eigenvalue weighted by atomic mass is 32.2. The highest BCUT2D eigenvalue weighted by Gasteiger charge is 2.49. The molecule has 0 aliphatic rings. The Hall–Kier alpha value is -2.33. The van der Waals surface area contributed by atoms with Gasteiger partial charge in [-0.25, -0.2) is 4.79 Å². The molecule has 0 heterocycles. The van der Waals surface area contributed by atoms with E-state index < -0.39 is 39.1 Å². The standard InChI is InChI=1S/C20H23F3O6S/c1-6-27-18(24)17(28-19(3,4)5)15-12(2)11-13-9-7-8-10-14(13)16(15)29-30(25,26)20(21,22)23/h7-11,17H,6H2,1-5H3. The molecule has 10 heteroatoms. The van der Waals surface area contributed by atoms with E-state index in [2.05, 4.69) is 4.18 Å². The number of carbonyl (C=O) groups excluding carboxylic acids is 1. The zero-order valence-electron chi connectivity index (χ0n) is 17.2. The van der Waals surface area contributed by atoms with Crippen LogP contribution in [0.2, 0.25) is 0 Å². The normalized spacial score (nSPS) is 13.9. The molecule has 0 radical (unpaired) electrons. The second kappa shape index (κ2) is 8.43. The number of halogens is 3. The largest absolute Gasteiger partial charge is 0.534 e. The van der Waals surface area contributed by atoms with Gasteiger partial charge in [0, 0.05) is 10.9 Å². The van der Waals surface area contributed by atoms with Crippen LogP contribution in [0.3, 0.4) is 0 Å². The number of benzene rings is 2. The number of alkyl halides is 3.